The third-order valence-corrected chi connectivity index (χ3v) is 5.80. The number of benzene rings is 1. The first kappa shape index (κ1) is 18.2. The minimum Gasteiger partial charge on any atom is -0.444 e. The van der Waals surface area contributed by atoms with E-state index in [2.05, 4.69) is 34.3 Å². The molecule has 3 aliphatic heterocycles. The fourth-order valence-corrected chi connectivity index (χ4v) is 4.38. The van der Waals surface area contributed by atoms with E-state index in [1.165, 1.54) is 16.9 Å². The number of halogens is 1. The Labute approximate surface area is 157 Å². The molecule has 3 fully saturated rings. The number of carbonyl (C=O) groups is 1. The van der Waals surface area contributed by atoms with Gasteiger partial charge >= 0.3 is 6.09 Å². The van der Waals surface area contributed by atoms with Gasteiger partial charge in [0.15, 0.2) is 5.82 Å². The summed E-state index contributed by atoms with van der Waals surface area (Å²) >= 11 is 1.52. The zero-order valence-electron chi connectivity index (χ0n) is 14.1. The average Bonchev–Trinajstić information content (AvgIpc) is 3.04. The van der Waals surface area contributed by atoms with Crippen LogP contribution in [0.1, 0.15) is 18.4 Å². The van der Waals surface area contributed by atoms with Crippen molar-refractivity contribution in [1.29, 1.82) is 0 Å². The van der Waals surface area contributed by atoms with Gasteiger partial charge in [-0.05, 0) is 44.3 Å². The molecule has 3 aliphatic rings. The Balaban J connectivity index is 0.00000182. The van der Waals surface area contributed by atoms with Crippen molar-refractivity contribution in [1.82, 2.24) is 9.88 Å². The van der Waals surface area contributed by atoms with Gasteiger partial charge < -0.3 is 4.74 Å². The van der Waals surface area contributed by atoms with Gasteiger partial charge in [0.25, 0.3) is 0 Å². The van der Waals surface area contributed by atoms with Crippen molar-refractivity contribution in [2.45, 2.75) is 25.9 Å². The second kappa shape index (κ2) is 7.72. The third-order valence-electron chi connectivity index (χ3n) is 4.92. The van der Waals surface area contributed by atoms with Crippen LogP contribution >= 0.6 is 23.7 Å². The minimum absolute atomic E-state index is 0. The van der Waals surface area contributed by atoms with Gasteiger partial charge in [0.2, 0.25) is 0 Å². The molecule has 7 heteroatoms. The highest BCUT2D eigenvalue weighted by atomic mass is 35.5. The number of ether oxygens (including phenoxy) is 1. The zero-order chi connectivity index (χ0) is 16.5. The molecule has 0 radical (unpaired) electrons. The number of fused-ring (bicyclic) bond motifs is 3. The summed E-state index contributed by atoms with van der Waals surface area (Å²) in [6.07, 6.45) is 1.87. The molecule has 134 valence electrons. The van der Waals surface area contributed by atoms with E-state index in [9.17, 15) is 4.79 Å². The van der Waals surface area contributed by atoms with Crippen LogP contribution < -0.4 is 5.32 Å². The number of piperidine rings is 3. The normalized spacial score (nSPS) is 24.4. The fourth-order valence-electron chi connectivity index (χ4n) is 3.63. The number of amides is 1. The highest BCUT2D eigenvalue weighted by molar-refractivity contribution is 7.13. The number of thiazole rings is 1. The van der Waals surface area contributed by atoms with Crippen LogP contribution in [0.4, 0.5) is 10.6 Å². The second-order valence-electron chi connectivity index (χ2n) is 6.61. The van der Waals surface area contributed by atoms with Crippen LogP contribution in [0.15, 0.2) is 29.8 Å². The minimum atomic E-state index is -0.395. The van der Waals surface area contributed by atoms with Crippen molar-refractivity contribution in [3.63, 3.8) is 0 Å². The molecule has 1 atom stereocenters. The van der Waals surface area contributed by atoms with E-state index in [-0.39, 0.29) is 18.5 Å². The van der Waals surface area contributed by atoms with Crippen LogP contribution in [-0.4, -0.2) is 41.7 Å². The fraction of sp³-hybridized carbons (Fsp3) is 0.444. The van der Waals surface area contributed by atoms with Crippen LogP contribution in [0.5, 0.6) is 0 Å². The van der Waals surface area contributed by atoms with Gasteiger partial charge in [0.1, 0.15) is 6.10 Å². The molecule has 1 N–H and O–H groups in total. The SMILES string of the molecule is Cc1cccc(-c2scnc2NC(=O)O[C@H]2CN3CCC2CC3)c1.Cl. The standard InChI is InChI=1S/C18H21N3O2S.ClH/c1-12-3-2-4-14(9-12)16-17(19-11-24-16)20-18(22)23-15-10-21-7-5-13(15)6-8-21;/h2-4,9,11,13,15H,5-8,10H2,1H3,(H,20,22);1H/t15-;/m0./s1. The lowest BCUT2D eigenvalue weighted by Crippen LogP contribution is -2.52. The number of anilines is 1. The topological polar surface area (TPSA) is 54.5 Å². The Morgan fingerprint density at radius 2 is 2.16 bits per heavy atom. The first-order chi connectivity index (χ1) is 11.7. The molecule has 2 bridgehead atoms. The molecule has 5 nitrogen and oxygen atoms in total. The third kappa shape index (κ3) is 3.97. The number of hydrogen-bond donors (Lipinski definition) is 1. The van der Waals surface area contributed by atoms with Crippen molar-refractivity contribution in [3.8, 4) is 10.4 Å². The molecule has 2 aromatic rings. The van der Waals surface area contributed by atoms with Crippen LogP contribution in [-0.2, 0) is 4.74 Å². The number of hydrogen-bond acceptors (Lipinski definition) is 5. The van der Waals surface area contributed by atoms with Crippen LogP contribution in [0.25, 0.3) is 10.4 Å². The molecule has 0 spiro atoms. The second-order valence-corrected chi connectivity index (χ2v) is 7.46. The maximum atomic E-state index is 12.3. The number of nitrogens with one attached hydrogen (secondary N) is 1. The van der Waals surface area contributed by atoms with Gasteiger partial charge in [0, 0.05) is 6.54 Å². The summed E-state index contributed by atoms with van der Waals surface area (Å²) in [5, 5.41) is 2.83. The lowest BCUT2D eigenvalue weighted by molar-refractivity contribution is -0.0290. The maximum absolute atomic E-state index is 12.3. The van der Waals surface area contributed by atoms with E-state index >= 15 is 0 Å². The van der Waals surface area contributed by atoms with E-state index in [1.807, 2.05) is 12.1 Å². The van der Waals surface area contributed by atoms with Crippen molar-refractivity contribution < 1.29 is 9.53 Å². The summed E-state index contributed by atoms with van der Waals surface area (Å²) < 4.78 is 5.69. The van der Waals surface area contributed by atoms with Crippen LogP contribution in [0, 0.1) is 12.8 Å². The summed E-state index contributed by atoms with van der Waals surface area (Å²) in [5.74, 6) is 1.09. The number of rotatable bonds is 3. The summed E-state index contributed by atoms with van der Waals surface area (Å²) in [6, 6.07) is 8.20. The Bertz CT molecular complexity index is 743. The van der Waals surface area contributed by atoms with Crippen LogP contribution in [0.2, 0.25) is 0 Å². The monoisotopic (exact) mass is 379 g/mol. The summed E-state index contributed by atoms with van der Waals surface area (Å²) in [4.78, 5) is 20.0. The van der Waals surface area contributed by atoms with Gasteiger partial charge in [-0.25, -0.2) is 9.78 Å². The number of carbonyl (C=O) groups excluding carboxylic acids is 1. The van der Waals surface area contributed by atoms with Gasteiger partial charge in [-0.2, -0.15) is 0 Å². The zero-order valence-corrected chi connectivity index (χ0v) is 15.7. The Morgan fingerprint density at radius 3 is 2.84 bits per heavy atom. The first-order valence-corrected chi connectivity index (χ1v) is 9.27. The highest BCUT2D eigenvalue weighted by Gasteiger charge is 2.36. The van der Waals surface area contributed by atoms with Gasteiger partial charge in [-0.1, -0.05) is 29.8 Å². The average molecular weight is 380 g/mol. The van der Waals surface area contributed by atoms with E-state index in [0.29, 0.717) is 11.7 Å². The van der Waals surface area contributed by atoms with Gasteiger partial charge in [-0.15, -0.1) is 23.7 Å². The molecule has 1 aromatic carbocycles. The maximum Gasteiger partial charge on any atom is 0.413 e. The molecule has 4 heterocycles. The van der Waals surface area contributed by atoms with E-state index in [0.717, 1.165) is 42.9 Å². The molecule has 5 rings (SSSR count). The summed E-state index contributed by atoms with van der Waals surface area (Å²) in [7, 11) is 0. The molecule has 1 amide bonds. The summed E-state index contributed by atoms with van der Waals surface area (Å²) in [6.45, 7) is 5.19. The molecule has 0 unspecified atom stereocenters. The van der Waals surface area contributed by atoms with Crippen molar-refractivity contribution in [3.05, 3.63) is 35.3 Å². The van der Waals surface area contributed by atoms with E-state index in [1.54, 1.807) is 5.51 Å². The molecule has 25 heavy (non-hydrogen) atoms. The van der Waals surface area contributed by atoms with Crippen molar-refractivity contribution >= 4 is 35.7 Å². The molecular formula is C18H22ClN3O2S. The lowest BCUT2D eigenvalue weighted by atomic mass is 9.86. The van der Waals surface area contributed by atoms with Crippen molar-refractivity contribution in [2.24, 2.45) is 5.92 Å². The molecular weight excluding hydrogens is 358 g/mol. The number of nitrogens with zero attached hydrogens (tertiary/aromatic N) is 2. The molecule has 0 aliphatic carbocycles. The summed E-state index contributed by atoms with van der Waals surface area (Å²) in [5.41, 5.74) is 4.00. The van der Waals surface area contributed by atoms with Crippen molar-refractivity contribution in [2.75, 3.05) is 25.0 Å². The smallest absolute Gasteiger partial charge is 0.413 e. The van der Waals surface area contributed by atoms with Gasteiger partial charge in [-0.3, -0.25) is 10.2 Å². The highest BCUT2D eigenvalue weighted by Crippen LogP contribution is 2.33. The largest absolute Gasteiger partial charge is 0.444 e. The quantitative estimate of drug-likeness (QED) is 0.869. The predicted molar refractivity (Wildman–Crippen MR) is 103 cm³/mol. The molecule has 3 saturated heterocycles. The predicted octanol–water partition coefficient (Wildman–Crippen LogP) is 4.18. The Kier molecular flexibility index (Phi) is 5.61. The molecule has 0 saturated carbocycles. The van der Waals surface area contributed by atoms with Crippen LogP contribution in [0.3, 0.4) is 0 Å². The molecule has 1 aromatic heterocycles. The van der Waals surface area contributed by atoms with E-state index < -0.39 is 6.09 Å². The number of aromatic nitrogens is 1. The first-order valence-electron chi connectivity index (χ1n) is 8.39. The van der Waals surface area contributed by atoms with E-state index in [4.69, 9.17) is 4.74 Å². The van der Waals surface area contributed by atoms with Gasteiger partial charge in [0.05, 0.1) is 10.4 Å². The lowest BCUT2D eigenvalue weighted by Gasteiger charge is -2.43. The Morgan fingerprint density at radius 1 is 1.36 bits per heavy atom. The Hall–Kier alpha value is -1.63. The number of aryl methyl sites for hydroxylation is 1.